The van der Waals surface area contributed by atoms with E-state index in [9.17, 15) is 4.79 Å². The van der Waals surface area contributed by atoms with Gasteiger partial charge in [-0.3, -0.25) is 4.79 Å². The molecule has 1 aliphatic rings. The van der Waals surface area contributed by atoms with Gasteiger partial charge in [-0.2, -0.15) is 0 Å². The molecule has 5 nitrogen and oxygen atoms in total. The van der Waals surface area contributed by atoms with Crippen molar-refractivity contribution in [2.45, 2.75) is 71.1 Å². The Morgan fingerprint density at radius 3 is 2.37 bits per heavy atom. The maximum atomic E-state index is 12.2. The molecule has 1 fully saturated rings. The van der Waals surface area contributed by atoms with Gasteiger partial charge < -0.3 is 21.3 Å². The highest BCUT2D eigenvalue weighted by Gasteiger charge is 2.32. The van der Waals surface area contributed by atoms with Crippen LogP contribution in [0.5, 0.6) is 0 Å². The summed E-state index contributed by atoms with van der Waals surface area (Å²) in [6, 6.07) is 10.7. The number of carbonyl (C=O) groups is 1. The smallest absolute Gasteiger partial charge is 0.242 e. The fourth-order valence-corrected chi connectivity index (χ4v) is 3.82. The Morgan fingerprint density at radius 1 is 1.15 bits per heavy atom. The SMILES string of the molecule is CNC(=O)[C@@H](NC(=S)N[C@@H]1CCCC[C@H]1NCc1ccccc1)C(C)(C)C. The first kappa shape index (κ1) is 21.6. The first-order chi connectivity index (χ1) is 12.8. The Labute approximate surface area is 169 Å². The number of nitrogens with one attached hydrogen (secondary N) is 4. The highest BCUT2D eigenvalue weighted by Crippen LogP contribution is 2.21. The van der Waals surface area contributed by atoms with E-state index in [1.54, 1.807) is 7.05 Å². The summed E-state index contributed by atoms with van der Waals surface area (Å²) in [5.41, 5.74) is 1.05. The fourth-order valence-electron chi connectivity index (χ4n) is 3.55. The van der Waals surface area contributed by atoms with Crippen LogP contribution in [-0.2, 0) is 11.3 Å². The number of likely N-dealkylation sites (N-methyl/N-ethyl adjacent to an activating group) is 1. The van der Waals surface area contributed by atoms with E-state index < -0.39 is 0 Å². The minimum absolute atomic E-state index is 0.0472. The summed E-state index contributed by atoms with van der Waals surface area (Å²) in [6.45, 7) is 6.96. The van der Waals surface area contributed by atoms with Crippen LogP contribution in [0.1, 0.15) is 52.0 Å². The molecule has 0 radical (unpaired) electrons. The normalized spacial score (nSPS) is 21.2. The minimum atomic E-state index is -0.373. The molecule has 0 aromatic heterocycles. The number of carbonyl (C=O) groups excluding carboxylic acids is 1. The van der Waals surface area contributed by atoms with Crippen molar-refractivity contribution in [3.63, 3.8) is 0 Å². The molecule has 6 heteroatoms. The Balaban J connectivity index is 1.93. The van der Waals surface area contributed by atoms with Crippen molar-refractivity contribution in [1.29, 1.82) is 0 Å². The van der Waals surface area contributed by atoms with Crippen LogP contribution in [0.3, 0.4) is 0 Å². The van der Waals surface area contributed by atoms with Crippen molar-refractivity contribution >= 4 is 23.2 Å². The molecule has 1 aromatic rings. The van der Waals surface area contributed by atoms with Gasteiger partial charge in [-0.25, -0.2) is 0 Å². The third-order valence-electron chi connectivity index (χ3n) is 5.14. The topological polar surface area (TPSA) is 65.2 Å². The average molecular weight is 391 g/mol. The van der Waals surface area contributed by atoms with Crippen LogP contribution in [-0.4, -0.2) is 36.2 Å². The minimum Gasteiger partial charge on any atom is -0.358 e. The molecule has 1 amide bonds. The van der Waals surface area contributed by atoms with Gasteiger partial charge in [0.15, 0.2) is 5.11 Å². The Morgan fingerprint density at radius 2 is 1.78 bits per heavy atom. The van der Waals surface area contributed by atoms with Crippen molar-refractivity contribution in [3.05, 3.63) is 35.9 Å². The number of hydrogen-bond donors (Lipinski definition) is 4. The molecule has 1 saturated carbocycles. The summed E-state index contributed by atoms with van der Waals surface area (Å²) >= 11 is 5.55. The molecule has 27 heavy (non-hydrogen) atoms. The lowest BCUT2D eigenvalue weighted by molar-refractivity contribution is -0.124. The second kappa shape index (κ2) is 10.0. The predicted molar refractivity (Wildman–Crippen MR) is 116 cm³/mol. The molecule has 0 heterocycles. The van der Waals surface area contributed by atoms with Crippen LogP contribution in [0.15, 0.2) is 30.3 Å². The quantitative estimate of drug-likeness (QED) is 0.563. The van der Waals surface area contributed by atoms with Gasteiger partial charge in [0.25, 0.3) is 0 Å². The number of rotatable bonds is 6. The Hall–Kier alpha value is -1.66. The van der Waals surface area contributed by atoms with Crippen molar-refractivity contribution in [3.8, 4) is 0 Å². The summed E-state index contributed by atoms with van der Waals surface area (Å²) < 4.78 is 0. The van der Waals surface area contributed by atoms with Crippen LogP contribution >= 0.6 is 12.2 Å². The van der Waals surface area contributed by atoms with Crippen molar-refractivity contribution in [2.24, 2.45) is 5.41 Å². The molecular weight excluding hydrogens is 356 g/mol. The zero-order chi connectivity index (χ0) is 19.9. The van der Waals surface area contributed by atoms with Gasteiger partial charge >= 0.3 is 0 Å². The Bertz CT molecular complexity index is 614. The van der Waals surface area contributed by atoms with Gasteiger partial charge in [0, 0.05) is 25.7 Å². The number of benzene rings is 1. The third-order valence-corrected chi connectivity index (χ3v) is 5.38. The highest BCUT2D eigenvalue weighted by atomic mass is 32.1. The molecule has 4 N–H and O–H groups in total. The lowest BCUT2D eigenvalue weighted by Crippen LogP contribution is -2.59. The maximum absolute atomic E-state index is 12.2. The van der Waals surface area contributed by atoms with Crippen LogP contribution < -0.4 is 21.3 Å². The number of thiocarbonyl (C=S) groups is 1. The zero-order valence-electron chi connectivity index (χ0n) is 17.0. The molecule has 2 rings (SSSR count). The van der Waals surface area contributed by atoms with E-state index in [1.165, 1.54) is 18.4 Å². The summed E-state index contributed by atoms with van der Waals surface area (Å²) in [5, 5.41) is 13.7. The summed E-state index contributed by atoms with van der Waals surface area (Å²) in [5.74, 6) is -0.0472. The van der Waals surface area contributed by atoms with E-state index in [2.05, 4.69) is 45.5 Å². The first-order valence-electron chi connectivity index (χ1n) is 9.87. The van der Waals surface area contributed by atoms with Crippen LogP contribution in [0.4, 0.5) is 0 Å². The lowest BCUT2D eigenvalue weighted by atomic mass is 9.86. The van der Waals surface area contributed by atoms with Gasteiger partial charge in [0.2, 0.25) is 5.91 Å². The predicted octanol–water partition coefficient (Wildman–Crippen LogP) is 2.71. The molecule has 0 bridgehead atoms. The second-order valence-corrected chi connectivity index (χ2v) is 8.80. The van der Waals surface area contributed by atoms with Crippen molar-refractivity contribution in [2.75, 3.05) is 7.05 Å². The van der Waals surface area contributed by atoms with E-state index in [0.717, 1.165) is 19.4 Å². The molecule has 0 saturated heterocycles. The first-order valence-corrected chi connectivity index (χ1v) is 10.3. The number of hydrogen-bond acceptors (Lipinski definition) is 3. The summed E-state index contributed by atoms with van der Waals surface area (Å²) in [4.78, 5) is 12.2. The van der Waals surface area contributed by atoms with E-state index in [4.69, 9.17) is 12.2 Å². The van der Waals surface area contributed by atoms with Gasteiger partial charge in [0.05, 0.1) is 0 Å². The highest BCUT2D eigenvalue weighted by molar-refractivity contribution is 7.80. The molecule has 150 valence electrons. The van der Waals surface area contributed by atoms with Crippen molar-refractivity contribution in [1.82, 2.24) is 21.3 Å². The fraction of sp³-hybridized carbons (Fsp3) is 0.619. The lowest BCUT2D eigenvalue weighted by Gasteiger charge is -2.36. The summed E-state index contributed by atoms with van der Waals surface area (Å²) in [7, 11) is 1.66. The maximum Gasteiger partial charge on any atom is 0.242 e. The standard InChI is InChI=1S/C21H34N4OS/c1-21(2,3)18(19(26)22-4)25-20(27)24-17-13-9-8-12-16(17)23-14-15-10-6-5-7-11-15/h5-7,10-11,16-18,23H,8-9,12-14H2,1-4H3,(H,22,26)(H2,24,25,27)/t16-,17-,18-/m1/s1. The molecule has 1 aliphatic carbocycles. The van der Waals surface area contributed by atoms with Crippen molar-refractivity contribution < 1.29 is 4.79 Å². The van der Waals surface area contributed by atoms with E-state index >= 15 is 0 Å². The van der Waals surface area contributed by atoms with Crippen LogP contribution in [0.25, 0.3) is 0 Å². The second-order valence-electron chi connectivity index (χ2n) is 8.40. The largest absolute Gasteiger partial charge is 0.358 e. The number of amides is 1. The zero-order valence-corrected chi connectivity index (χ0v) is 17.8. The van der Waals surface area contributed by atoms with E-state index in [0.29, 0.717) is 11.2 Å². The Kier molecular flexibility index (Phi) is 8.05. The van der Waals surface area contributed by atoms with Crippen LogP contribution in [0, 0.1) is 5.41 Å². The van der Waals surface area contributed by atoms with Gasteiger partial charge in [-0.05, 0) is 36.0 Å². The molecule has 0 spiro atoms. The summed E-state index contributed by atoms with van der Waals surface area (Å²) in [6.07, 6.45) is 4.63. The third kappa shape index (κ3) is 6.78. The van der Waals surface area contributed by atoms with E-state index in [1.807, 2.05) is 26.8 Å². The molecule has 1 aromatic carbocycles. The molecule has 3 atom stereocenters. The van der Waals surface area contributed by atoms with Gasteiger partial charge in [0.1, 0.15) is 6.04 Å². The van der Waals surface area contributed by atoms with E-state index in [-0.39, 0.29) is 23.4 Å². The molecule has 0 aliphatic heterocycles. The molecule has 0 unspecified atom stereocenters. The van der Waals surface area contributed by atoms with Crippen LogP contribution in [0.2, 0.25) is 0 Å². The van der Waals surface area contributed by atoms with Gasteiger partial charge in [-0.15, -0.1) is 0 Å². The van der Waals surface area contributed by atoms with Gasteiger partial charge in [-0.1, -0.05) is 63.9 Å². The average Bonchev–Trinajstić information content (AvgIpc) is 2.65. The molecular formula is C21H34N4OS. The monoisotopic (exact) mass is 390 g/mol.